The number of nitrogens with one attached hydrogen (secondary N) is 1. The first-order valence-corrected chi connectivity index (χ1v) is 8.00. The molecule has 2 heterocycles. The quantitative estimate of drug-likeness (QED) is 0.513. The van der Waals surface area contributed by atoms with Gasteiger partial charge in [0.05, 0.1) is 18.7 Å². The van der Waals surface area contributed by atoms with Crippen molar-refractivity contribution in [3.8, 4) is 0 Å². The summed E-state index contributed by atoms with van der Waals surface area (Å²) < 4.78 is 4.72. The van der Waals surface area contributed by atoms with Crippen LogP contribution in [0.25, 0.3) is 5.57 Å². The van der Waals surface area contributed by atoms with Crippen molar-refractivity contribution < 1.29 is 14.3 Å². The monoisotopic (exact) mass is 326 g/mol. The molecule has 2 rings (SSSR count). The van der Waals surface area contributed by atoms with E-state index in [2.05, 4.69) is 16.0 Å². The molecule has 0 bridgehead atoms. The van der Waals surface area contributed by atoms with Crippen molar-refractivity contribution in [2.45, 2.75) is 39.2 Å². The molecule has 24 heavy (non-hydrogen) atoms. The number of hydrogen-bond donors (Lipinski definition) is 1. The van der Waals surface area contributed by atoms with Crippen LogP contribution in [0.15, 0.2) is 41.9 Å². The molecule has 0 radical (unpaired) electrons. The van der Waals surface area contributed by atoms with Gasteiger partial charge in [0.2, 0.25) is 5.91 Å². The van der Waals surface area contributed by atoms with Gasteiger partial charge in [-0.1, -0.05) is 18.6 Å². The number of carbonyl (C=O) groups excluding carboxylic acids is 2. The van der Waals surface area contributed by atoms with Crippen LogP contribution in [0, 0.1) is 0 Å². The molecular weight excluding hydrogens is 304 g/mol. The lowest BCUT2D eigenvalue weighted by Gasteiger charge is -2.08. The number of amides is 1. The van der Waals surface area contributed by atoms with Crippen molar-refractivity contribution in [1.29, 1.82) is 0 Å². The molecule has 1 atom stereocenters. The molecule has 1 aromatic rings. The Kier molecular flexibility index (Phi) is 6.10. The highest BCUT2D eigenvalue weighted by atomic mass is 16.5. The Bertz CT molecular complexity index is 728. The third-order valence-electron chi connectivity index (χ3n) is 4.01. The van der Waals surface area contributed by atoms with Gasteiger partial charge < -0.3 is 10.1 Å². The predicted octanol–water partition coefficient (Wildman–Crippen LogP) is 3.04. The minimum absolute atomic E-state index is 0.104. The average Bonchev–Trinajstić information content (AvgIpc) is 3.04. The van der Waals surface area contributed by atoms with E-state index in [1.54, 1.807) is 12.3 Å². The molecule has 1 aromatic heterocycles. The molecule has 0 saturated carbocycles. The fourth-order valence-electron chi connectivity index (χ4n) is 2.57. The molecule has 0 aliphatic carbocycles. The Labute approximate surface area is 142 Å². The largest absolute Gasteiger partial charge is 0.465 e. The molecule has 5 heteroatoms. The molecule has 1 saturated heterocycles. The van der Waals surface area contributed by atoms with Gasteiger partial charge in [0, 0.05) is 30.0 Å². The summed E-state index contributed by atoms with van der Waals surface area (Å²) >= 11 is 0. The third-order valence-corrected chi connectivity index (χ3v) is 4.01. The van der Waals surface area contributed by atoms with Crippen LogP contribution in [0.2, 0.25) is 0 Å². The molecule has 0 aromatic carbocycles. The van der Waals surface area contributed by atoms with E-state index in [4.69, 9.17) is 4.74 Å². The molecule has 1 fully saturated rings. The van der Waals surface area contributed by atoms with Gasteiger partial charge in [0.25, 0.3) is 0 Å². The normalized spacial score (nSPS) is 17.0. The number of ether oxygens (including phenoxy) is 1. The lowest BCUT2D eigenvalue weighted by Crippen LogP contribution is -2.25. The average molecular weight is 326 g/mol. The van der Waals surface area contributed by atoms with Crippen LogP contribution >= 0.6 is 0 Å². The van der Waals surface area contributed by atoms with Gasteiger partial charge in [-0.15, -0.1) is 5.73 Å². The SMILES string of the molecule is CCC(=C=C/C=C(\C)C1CCC(=O)N1)c1cncc(C(=O)OC)c1. The van der Waals surface area contributed by atoms with Gasteiger partial charge in [-0.3, -0.25) is 9.78 Å². The topological polar surface area (TPSA) is 68.3 Å². The van der Waals surface area contributed by atoms with Crippen molar-refractivity contribution >= 4 is 17.4 Å². The molecule has 1 unspecified atom stereocenters. The van der Waals surface area contributed by atoms with Gasteiger partial charge in [0.15, 0.2) is 0 Å². The fraction of sp³-hybridized carbons (Fsp3) is 0.368. The Balaban J connectivity index is 2.22. The molecule has 5 nitrogen and oxygen atoms in total. The second kappa shape index (κ2) is 8.27. The van der Waals surface area contributed by atoms with E-state index in [1.165, 1.54) is 13.3 Å². The molecule has 0 spiro atoms. The Morgan fingerprint density at radius 1 is 1.46 bits per heavy atom. The summed E-state index contributed by atoms with van der Waals surface area (Å²) in [4.78, 5) is 27.0. The van der Waals surface area contributed by atoms with Crippen molar-refractivity contribution in [2.24, 2.45) is 0 Å². The predicted molar refractivity (Wildman–Crippen MR) is 92.3 cm³/mol. The van der Waals surface area contributed by atoms with Crippen molar-refractivity contribution in [3.63, 3.8) is 0 Å². The molecule has 1 N–H and O–H groups in total. The zero-order valence-corrected chi connectivity index (χ0v) is 14.3. The first kappa shape index (κ1) is 17.7. The highest BCUT2D eigenvalue weighted by Crippen LogP contribution is 2.18. The Hall–Kier alpha value is -2.65. The third kappa shape index (κ3) is 4.43. The molecular formula is C19H22N2O3. The first-order chi connectivity index (χ1) is 11.5. The maximum atomic E-state index is 11.6. The summed E-state index contributed by atoms with van der Waals surface area (Å²) in [7, 11) is 1.35. The number of nitrogens with zero attached hydrogens (tertiary/aromatic N) is 1. The van der Waals surface area contributed by atoms with Crippen molar-refractivity contribution in [1.82, 2.24) is 10.3 Å². The van der Waals surface area contributed by atoms with E-state index in [0.29, 0.717) is 12.0 Å². The highest BCUT2D eigenvalue weighted by Gasteiger charge is 2.21. The number of aromatic nitrogens is 1. The Morgan fingerprint density at radius 3 is 2.83 bits per heavy atom. The van der Waals surface area contributed by atoms with Gasteiger partial charge in [0.1, 0.15) is 0 Å². The van der Waals surface area contributed by atoms with E-state index < -0.39 is 5.97 Å². The Morgan fingerprint density at radius 2 is 2.21 bits per heavy atom. The fourth-order valence-corrected chi connectivity index (χ4v) is 2.57. The van der Waals surface area contributed by atoms with Gasteiger partial charge in [-0.05, 0) is 31.9 Å². The van der Waals surface area contributed by atoms with Crippen molar-refractivity contribution in [3.05, 3.63) is 53.0 Å². The second-order valence-electron chi connectivity index (χ2n) is 5.67. The maximum Gasteiger partial charge on any atom is 0.339 e. The summed E-state index contributed by atoms with van der Waals surface area (Å²) in [6.45, 7) is 4.02. The van der Waals surface area contributed by atoms with Crippen LogP contribution in [-0.4, -0.2) is 30.0 Å². The van der Waals surface area contributed by atoms with Gasteiger partial charge in [-0.2, -0.15) is 0 Å². The summed E-state index contributed by atoms with van der Waals surface area (Å²) in [5.41, 5.74) is 6.56. The minimum Gasteiger partial charge on any atom is -0.465 e. The van der Waals surface area contributed by atoms with Crippen LogP contribution < -0.4 is 5.32 Å². The summed E-state index contributed by atoms with van der Waals surface area (Å²) in [5, 5.41) is 2.94. The number of esters is 1. The van der Waals surface area contributed by atoms with E-state index in [-0.39, 0.29) is 11.9 Å². The summed E-state index contributed by atoms with van der Waals surface area (Å²) in [6, 6.07) is 1.87. The smallest absolute Gasteiger partial charge is 0.339 e. The van der Waals surface area contributed by atoms with Crippen LogP contribution in [0.5, 0.6) is 0 Å². The maximum absolute atomic E-state index is 11.6. The minimum atomic E-state index is -0.406. The molecule has 1 aliphatic heterocycles. The highest BCUT2D eigenvalue weighted by molar-refractivity contribution is 5.90. The lowest BCUT2D eigenvalue weighted by molar-refractivity contribution is -0.119. The van der Waals surface area contributed by atoms with E-state index >= 15 is 0 Å². The van der Waals surface area contributed by atoms with E-state index in [1.807, 2.05) is 26.0 Å². The van der Waals surface area contributed by atoms with Crippen LogP contribution in [0.3, 0.4) is 0 Å². The van der Waals surface area contributed by atoms with Crippen LogP contribution in [0.4, 0.5) is 0 Å². The van der Waals surface area contributed by atoms with Gasteiger partial charge >= 0.3 is 5.97 Å². The number of hydrogen-bond acceptors (Lipinski definition) is 4. The molecule has 1 amide bonds. The lowest BCUT2D eigenvalue weighted by atomic mass is 10.0. The van der Waals surface area contributed by atoms with E-state index in [0.717, 1.165) is 29.6 Å². The second-order valence-corrected chi connectivity index (χ2v) is 5.67. The molecule has 126 valence electrons. The number of carbonyl (C=O) groups is 2. The van der Waals surface area contributed by atoms with Gasteiger partial charge in [-0.25, -0.2) is 4.79 Å². The van der Waals surface area contributed by atoms with Crippen LogP contribution in [-0.2, 0) is 9.53 Å². The number of methoxy groups -OCH3 is 1. The summed E-state index contributed by atoms with van der Waals surface area (Å²) in [5.74, 6) is -0.302. The van der Waals surface area contributed by atoms with E-state index in [9.17, 15) is 9.59 Å². The number of rotatable bonds is 5. The standard InChI is InChI=1S/C19H22N2O3/c1-4-14(15-10-16(12-20-11-15)19(23)24-3)7-5-6-13(2)17-8-9-18(22)21-17/h5-6,10-12,17H,4,8-9H2,1-3H3,(H,21,22)/b13-6+. The zero-order valence-electron chi connectivity index (χ0n) is 14.3. The first-order valence-electron chi connectivity index (χ1n) is 8.00. The number of allylic oxidation sites excluding steroid dienone is 2. The number of pyridine rings is 1. The summed E-state index contributed by atoms with van der Waals surface area (Å²) in [6.07, 6.45) is 9.19. The molecule has 1 aliphatic rings. The van der Waals surface area contributed by atoms with Crippen molar-refractivity contribution in [2.75, 3.05) is 7.11 Å². The zero-order chi connectivity index (χ0) is 17.5. The van der Waals surface area contributed by atoms with Crippen LogP contribution in [0.1, 0.15) is 49.0 Å².